The van der Waals surface area contributed by atoms with Gasteiger partial charge in [0.25, 0.3) is 11.8 Å². The summed E-state index contributed by atoms with van der Waals surface area (Å²) in [5.41, 5.74) is 6.12. The Bertz CT molecular complexity index is 1370. The minimum atomic E-state index is -0.387. The fourth-order valence-corrected chi connectivity index (χ4v) is 4.69. The highest BCUT2D eigenvalue weighted by Gasteiger charge is 2.31. The lowest BCUT2D eigenvalue weighted by molar-refractivity contribution is -0.123. The first-order valence-electron chi connectivity index (χ1n) is 11.7. The van der Waals surface area contributed by atoms with Crippen molar-refractivity contribution < 1.29 is 19.1 Å². The molecular formula is C28H26N4O4S2. The summed E-state index contributed by atoms with van der Waals surface area (Å²) in [5.74, 6) is 0.730. The zero-order chi connectivity index (χ0) is 26.9. The van der Waals surface area contributed by atoms with Crippen molar-refractivity contribution >= 4 is 58.1 Å². The molecular weight excluding hydrogens is 520 g/mol. The zero-order valence-corrected chi connectivity index (χ0v) is 22.5. The van der Waals surface area contributed by atoms with E-state index in [1.807, 2.05) is 55.5 Å². The van der Waals surface area contributed by atoms with Crippen molar-refractivity contribution in [2.24, 2.45) is 5.10 Å². The van der Waals surface area contributed by atoms with Gasteiger partial charge in [-0.3, -0.25) is 14.5 Å². The second kappa shape index (κ2) is 12.9. The molecule has 1 heterocycles. The van der Waals surface area contributed by atoms with E-state index in [0.29, 0.717) is 21.6 Å². The molecule has 2 amide bonds. The maximum Gasteiger partial charge on any atom is 0.277 e. The quantitative estimate of drug-likeness (QED) is 0.163. The second-order valence-electron chi connectivity index (χ2n) is 8.18. The Kier molecular flexibility index (Phi) is 9.12. The first-order chi connectivity index (χ1) is 18.4. The molecule has 38 heavy (non-hydrogen) atoms. The smallest absolute Gasteiger partial charge is 0.277 e. The van der Waals surface area contributed by atoms with Crippen LogP contribution in [-0.4, -0.2) is 47.6 Å². The number of rotatable bonds is 10. The van der Waals surface area contributed by atoms with Crippen LogP contribution in [0.5, 0.6) is 11.5 Å². The highest BCUT2D eigenvalue weighted by atomic mass is 32.2. The van der Waals surface area contributed by atoms with Gasteiger partial charge in [-0.1, -0.05) is 54.3 Å². The number of aryl methyl sites for hydroxylation is 1. The molecule has 1 aliphatic heterocycles. The first kappa shape index (κ1) is 26.9. The van der Waals surface area contributed by atoms with E-state index in [9.17, 15) is 9.59 Å². The Labute approximate surface area is 230 Å². The van der Waals surface area contributed by atoms with Gasteiger partial charge < -0.3 is 14.8 Å². The maximum atomic E-state index is 12.9. The van der Waals surface area contributed by atoms with Gasteiger partial charge in [-0.2, -0.15) is 5.10 Å². The highest BCUT2D eigenvalue weighted by molar-refractivity contribution is 8.26. The number of anilines is 1. The van der Waals surface area contributed by atoms with Gasteiger partial charge >= 0.3 is 0 Å². The fraction of sp³-hybridized carbons (Fsp3) is 0.143. The largest absolute Gasteiger partial charge is 0.497 e. The van der Waals surface area contributed by atoms with E-state index in [4.69, 9.17) is 21.7 Å². The van der Waals surface area contributed by atoms with Gasteiger partial charge in [0.2, 0.25) is 0 Å². The first-order valence-corrected chi connectivity index (χ1v) is 12.9. The molecule has 10 heteroatoms. The second-order valence-corrected chi connectivity index (χ2v) is 9.86. The number of thiocarbonyl (C=S) groups is 1. The van der Waals surface area contributed by atoms with Crippen LogP contribution in [0.3, 0.4) is 0 Å². The molecule has 8 nitrogen and oxygen atoms in total. The number of carbonyl (C=O) groups excluding carboxylic acids is 2. The van der Waals surface area contributed by atoms with Crippen molar-refractivity contribution in [1.82, 2.24) is 10.3 Å². The van der Waals surface area contributed by atoms with Gasteiger partial charge in [0.05, 0.1) is 24.9 Å². The van der Waals surface area contributed by atoms with E-state index in [1.54, 1.807) is 42.4 Å². The molecule has 1 saturated heterocycles. The number of ether oxygens (including phenoxy) is 2. The fourth-order valence-electron chi connectivity index (χ4n) is 3.43. The van der Waals surface area contributed by atoms with Crippen molar-refractivity contribution in [3.63, 3.8) is 0 Å². The van der Waals surface area contributed by atoms with Gasteiger partial charge in [-0.05, 0) is 72.2 Å². The van der Waals surface area contributed by atoms with E-state index in [0.717, 1.165) is 28.1 Å². The molecule has 0 unspecified atom stereocenters. The molecule has 0 aliphatic carbocycles. The summed E-state index contributed by atoms with van der Waals surface area (Å²) in [5, 5.41) is 7.20. The summed E-state index contributed by atoms with van der Waals surface area (Å²) in [7, 11) is 1.60. The van der Waals surface area contributed by atoms with Crippen molar-refractivity contribution in [1.29, 1.82) is 0 Å². The minimum absolute atomic E-state index is 0.145. The number of carbonyl (C=O) groups is 2. The molecule has 0 spiro atoms. The van der Waals surface area contributed by atoms with Crippen LogP contribution in [0.4, 0.5) is 5.69 Å². The zero-order valence-electron chi connectivity index (χ0n) is 20.8. The normalized spacial score (nSPS) is 14.3. The number of amides is 2. The number of nitrogens with one attached hydrogen (secondary N) is 2. The van der Waals surface area contributed by atoms with Gasteiger partial charge in [0.1, 0.15) is 15.8 Å². The average molecular weight is 547 g/mol. The summed E-state index contributed by atoms with van der Waals surface area (Å²) in [6.07, 6.45) is 3.32. The topological polar surface area (TPSA) is 92.3 Å². The van der Waals surface area contributed by atoms with Gasteiger partial charge in [0.15, 0.2) is 6.61 Å². The number of para-hydroxylation sites is 1. The molecule has 2 N–H and O–H groups in total. The number of nitrogens with zero attached hydrogens (tertiary/aromatic N) is 2. The molecule has 0 aromatic heterocycles. The van der Waals surface area contributed by atoms with Crippen LogP contribution >= 0.6 is 24.0 Å². The summed E-state index contributed by atoms with van der Waals surface area (Å²) in [6, 6.07) is 22.2. The summed E-state index contributed by atoms with van der Waals surface area (Å²) in [4.78, 5) is 27.0. The molecule has 1 aliphatic rings. The predicted octanol–water partition coefficient (Wildman–Crippen LogP) is 4.80. The summed E-state index contributed by atoms with van der Waals surface area (Å²) >= 11 is 6.69. The molecule has 3 aromatic carbocycles. The number of methoxy groups -OCH3 is 1. The number of hydrazone groups is 1. The lowest BCUT2D eigenvalue weighted by Gasteiger charge is -2.17. The SMILES string of the molecule is COc1ccc(/C=N/NC(=O)COc2ccc(/C=C3\SC(=S)N(CNc4ccccc4C)C3=O)cc2)cc1. The molecule has 0 bridgehead atoms. The van der Waals surface area contributed by atoms with E-state index in [1.165, 1.54) is 18.0 Å². The average Bonchev–Trinajstić information content (AvgIpc) is 3.19. The third-order valence-electron chi connectivity index (χ3n) is 5.51. The van der Waals surface area contributed by atoms with E-state index in [-0.39, 0.29) is 18.4 Å². The molecule has 3 aromatic rings. The lowest BCUT2D eigenvalue weighted by Crippen LogP contribution is -2.33. The molecule has 0 atom stereocenters. The van der Waals surface area contributed by atoms with E-state index < -0.39 is 0 Å². The number of thioether (sulfide) groups is 1. The highest BCUT2D eigenvalue weighted by Crippen LogP contribution is 2.32. The van der Waals surface area contributed by atoms with Crippen LogP contribution in [0.2, 0.25) is 0 Å². The van der Waals surface area contributed by atoms with E-state index >= 15 is 0 Å². The molecule has 1 fully saturated rings. The Morgan fingerprint density at radius 1 is 1.03 bits per heavy atom. The van der Waals surface area contributed by atoms with Crippen LogP contribution in [0.1, 0.15) is 16.7 Å². The van der Waals surface area contributed by atoms with Crippen molar-refractivity contribution in [3.8, 4) is 11.5 Å². The molecule has 0 saturated carbocycles. The molecule has 4 rings (SSSR count). The monoisotopic (exact) mass is 546 g/mol. The van der Waals surface area contributed by atoms with Crippen molar-refractivity contribution in [3.05, 3.63) is 94.4 Å². The van der Waals surface area contributed by atoms with Gasteiger partial charge in [-0.25, -0.2) is 5.43 Å². The van der Waals surface area contributed by atoms with Crippen molar-refractivity contribution in [2.45, 2.75) is 6.92 Å². The van der Waals surface area contributed by atoms with Gasteiger partial charge in [0, 0.05) is 5.69 Å². The summed E-state index contributed by atoms with van der Waals surface area (Å²) < 4.78 is 11.1. The van der Waals surface area contributed by atoms with Crippen molar-refractivity contribution in [2.75, 3.05) is 25.7 Å². The molecule has 194 valence electrons. The van der Waals surface area contributed by atoms with Crippen LogP contribution < -0.4 is 20.2 Å². The number of hydrogen-bond acceptors (Lipinski definition) is 8. The van der Waals surface area contributed by atoms with Crippen LogP contribution in [0, 0.1) is 6.92 Å². The summed E-state index contributed by atoms with van der Waals surface area (Å²) in [6.45, 7) is 2.11. The Balaban J connectivity index is 1.26. The molecule has 0 radical (unpaired) electrons. The third kappa shape index (κ3) is 7.21. The van der Waals surface area contributed by atoms with Gasteiger partial charge in [-0.15, -0.1) is 0 Å². The Hall–Kier alpha value is -4.15. The predicted molar refractivity (Wildman–Crippen MR) is 155 cm³/mol. The number of benzene rings is 3. The van der Waals surface area contributed by atoms with Crippen LogP contribution in [-0.2, 0) is 9.59 Å². The number of hydrogen-bond donors (Lipinski definition) is 2. The Morgan fingerprint density at radius 2 is 1.71 bits per heavy atom. The minimum Gasteiger partial charge on any atom is -0.497 e. The standard InChI is InChI=1S/C28H26N4O4S2/c1-19-5-3-4-6-24(19)29-18-32-27(34)25(38-28(32)37)15-20-7-13-23(14-8-20)36-17-26(33)31-30-16-21-9-11-22(35-2)12-10-21/h3-16,29H,17-18H2,1-2H3,(H,31,33)/b25-15-,30-16+. The lowest BCUT2D eigenvalue weighted by atomic mass is 10.2. The Morgan fingerprint density at radius 3 is 2.42 bits per heavy atom. The van der Waals surface area contributed by atoms with Crippen LogP contribution in [0.25, 0.3) is 6.08 Å². The van der Waals surface area contributed by atoms with Crippen LogP contribution in [0.15, 0.2) is 82.8 Å². The third-order valence-corrected chi connectivity index (χ3v) is 6.89. The maximum absolute atomic E-state index is 12.9. The van der Waals surface area contributed by atoms with E-state index in [2.05, 4.69) is 15.8 Å².